The van der Waals surface area contributed by atoms with Crippen LogP contribution in [0.3, 0.4) is 0 Å². The Bertz CT molecular complexity index is 375. The minimum absolute atomic E-state index is 0.155. The largest absolute Gasteiger partial charge is 0.361 e. The highest BCUT2D eigenvalue weighted by molar-refractivity contribution is 5.92. The molecule has 1 fully saturated rings. The summed E-state index contributed by atoms with van der Waals surface area (Å²) in [4.78, 5) is 11.8. The number of rotatable bonds is 2. The van der Waals surface area contributed by atoms with Gasteiger partial charge in [-0.05, 0) is 33.2 Å². The van der Waals surface area contributed by atoms with E-state index in [1.807, 2.05) is 0 Å². The molecule has 0 aromatic carbocycles. The third kappa shape index (κ3) is 2.41. The number of aromatic nitrogens is 1. The molecular formula is C11H17N3O2. The van der Waals surface area contributed by atoms with Crippen LogP contribution in [-0.4, -0.2) is 29.7 Å². The first-order chi connectivity index (χ1) is 7.66. The molecule has 2 heterocycles. The number of piperidine rings is 1. The van der Waals surface area contributed by atoms with Gasteiger partial charge >= 0.3 is 0 Å². The van der Waals surface area contributed by atoms with Crippen LogP contribution in [0.2, 0.25) is 0 Å². The van der Waals surface area contributed by atoms with Crippen molar-refractivity contribution in [1.29, 1.82) is 0 Å². The normalized spacial score (nSPS) is 25.4. The maximum atomic E-state index is 11.8. The molecule has 5 nitrogen and oxygen atoms in total. The van der Waals surface area contributed by atoms with Gasteiger partial charge in [-0.1, -0.05) is 5.16 Å². The summed E-state index contributed by atoms with van der Waals surface area (Å²) in [6, 6.07) is 2.14. The molecular weight excluding hydrogens is 206 g/mol. The fraction of sp³-hybridized carbons (Fsp3) is 0.636. The van der Waals surface area contributed by atoms with E-state index in [0.717, 1.165) is 19.4 Å². The summed E-state index contributed by atoms with van der Waals surface area (Å²) in [5.74, 6) is 0.498. The molecule has 0 saturated carbocycles. The lowest BCUT2D eigenvalue weighted by Crippen LogP contribution is -2.51. The van der Waals surface area contributed by atoms with E-state index in [-0.39, 0.29) is 11.9 Å². The Labute approximate surface area is 94.6 Å². The maximum Gasteiger partial charge on any atom is 0.273 e. The van der Waals surface area contributed by atoms with E-state index in [1.165, 1.54) is 0 Å². The van der Waals surface area contributed by atoms with Crippen LogP contribution in [0.5, 0.6) is 0 Å². The zero-order valence-electron chi connectivity index (χ0n) is 9.62. The molecule has 1 amide bonds. The number of nitrogens with one attached hydrogen (secondary N) is 2. The average Bonchev–Trinajstić information content (AvgIpc) is 2.68. The second-order valence-electron chi connectivity index (χ2n) is 4.29. The topological polar surface area (TPSA) is 67.2 Å². The molecule has 0 bridgehead atoms. The zero-order chi connectivity index (χ0) is 11.5. The van der Waals surface area contributed by atoms with Gasteiger partial charge in [0.2, 0.25) is 0 Å². The molecule has 0 spiro atoms. The van der Waals surface area contributed by atoms with Crippen LogP contribution < -0.4 is 10.6 Å². The minimum Gasteiger partial charge on any atom is -0.361 e. The highest BCUT2D eigenvalue weighted by Crippen LogP contribution is 2.09. The highest BCUT2D eigenvalue weighted by atomic mass is 16.5. The van der Waals surface area contributed by atoms with Crippen LogP contribution >= 0.6 is 0 Å². The van der Waals surface area contributed by atoms with Crippen molar-refractivity contribution in [3.8, 4) is 0 Å². The van der Waals surface area contributed by atoms with Gasteiger partial charge in [0.25, 0.3) is 5.91 Å². The Morgan fingerprint density at radius 3 is 3.12 bits per heavy atom. The Balaban J connectivity index is 1.96. The molecule has 5 heteroatoms. The fourth-order valence-corrected chi connectivity index (χ4v) is 1.96. The number of hydrogen-bond acceptors (Lipinski definition) is 4. The SMILES string of the molecule is Cc1cc(C(=O)NC2CCCNC2C)no1. The predicted octanol–water partition coefficient (Wildman–Crippen LogP) is 0.853. The molecule has 2 rings (SSSR count). The van der Waals surface area contributed by atoms with Crippen molar-refractivity contribution in [1.82, 2.24) is 15.8 Å². The molecule has 1 saturated heterocycles. The highest BCUT2D eigenvalue weighted by Gasteiger charge is 2.23. The van der Waals surface area contributed by atoms with E-state index in [0.29, 0.717) is 17.5 Å². The molecule has 88 valence electrons. The van der Waals surface area contributed by atoms with Gasteiger partial charge in [0, 0.05) is 18.2 Å². The summed E-state index contributed by atoms with van der Waals surface area (Å²) >= 11 is 0. The summed E-state index contributed by atoms with van der Waals surface area (Å²) in [6.07, 6.45) is 2.10. The van der Waals surface area contributed by atoms with Gasteiger partial charge < -0.3 is 15.2 Å². The number of carbonyl (C=O) groups excluding carboxylic acids is 1. The summed E-state index contributed by atoms with van der Waals surface area (Å²) < 4.78 is 4.88. The lowest BCUT2D eigenvalue weighted by atomic mass is 10.00. The lowest BCUT2D eigenvalue weighted by molar-refractivity contribution is 0.0910. The standard InChI is InChI=1S/C11H17N3O2/c1-7-6-10(14-16-7)11(15)13-9-4-3-5-12-8(9)2/h6,8-9,12H,3-5H2,1-2H3,(H,13,15). The van der Waals surface area contributed by atoms with Crippen LogP contribution in [-0.2, 0) is 0 Å². The molecule has 2 atom stereocenters. The first-order valence-corrected chi connectivity index (χ1v) is 5.64. The molecule has 1 aromatic heterocycles. The molecule has 0 aliphatic carbocycles. The first-order valence-electron chi connectivity index (χ1n) is 5.64. The number of amides is 1. The summed E-state index contributed by atoms with van der Waals surface area (Å²) in [6.45, 7) is 4.88. The van der Waals surface area contributed by atoms with Gasteiger partial charge in [-0.15, -0.1) is 0 Å². The van der Waals surface area contributed by atoms with Crippen molar-refractivity contribution in [2.45, 2.75) is 38.8 Å². The van der Waals surface area contributed by atoms with Crippen molar-refractivity contribution in [2.24, 2.45) is 0 Å². The van der Waals surface area contributed by atoms with E-state index in [4.69, 9.17) is 4.52 Å². The number of carbonyl (C=O) groups is 1. The Kier molecular flexibility index (Phi) is 3.24. The maximum absolute atomic E-state index is 11.8. The predicted molar refractivity (Wildman–Crippen MR) is 59.2 cm³/mol. The number of aryl methyl sites for hydroxylation is 1. The number of hydrogen-bond donors (Lipinski definition) is 2. The molecule has 0 radical (unpaired) electrons. The van der Waals surface area contributed by atoms with Crippen molar-refractivity contribution in [3.63, 3.8) is 0 Å². The summed E-state index contributed by atoms with van der Waals surface area (Å²) in [5, 5.41) is 10.0. The van der Waals surface area contributed by atoms with Crippen molar-refractivity contribution in [2.75, 3.05) is 6.54 Å². The molecule has 1 aliphatic heterocycles. The Morgan fingerprint density at radius 2 is 2.50 bits per heavy atom. The second-order valence-corrected chi connectivity index (χ2v) is 4.29. The van der Waals surface area contributed by atoms with Crippen LogP contribution in [0, 0.1) is 6.92 Å². The van der Waals surface area contributed by atoms with Gasteiger partial charge in [-0.3, -0.25) is 4.79 Å². The van der Waals surface area contributed by atoms with Gasteiger partial charge in [0.15, 0.2) is 5.69 Å². The molecule has 1 aliphatic rings. The monoisotopic (exact) mass is 223 g/mol. The van der Waals surface area contributed by atoms with Crippen LogP contribution in [0.15, 0.2) is 10.6 Å². The Hall–Kier alpha value is -1.36. The smallest absolute Gasteiger partial charge is 0.273 e. The summed E-state index contributed by atoms with van der Waals surface area (Å²) in [7, 11) is 0. The molecule has 2 N–H and O–H groups in total. The third-order valence-electron chi connectivity index (χ3n) is 2.94. The van der Waals surface area contributed by atoms with Crippen molar-refractivity contribution >= 4 is 5.91 Å². The fourth-order valence-electron chi connectivity index (χ4n) is 1.96. The van der Waals surface area contributed by atoms with E-state index >= 15 is 0 Å². The van der Waals surface area contributed by atoms with Crippen LogP contribution in [0.4, 0.5) is 0 Å². The zero-order valence-corrected chi connectivity index (χ0v) is 9.62. The van der Waals surface area contributed by atoms with Gasteiger partial charge in [-0.25, -0.2) is 0 Å². The second kappa shape index (κ2) is 4.65. The van der Waals surface area contributed by atoms with Crippen LogP contribution in [0.25, 0.3) is 0 Å². The van der Waals surface area contributed by atoms with Gasteiger partial charge in [0.05, 0.1) is 0 Å². The lowest BCUT2D eigenvalue weighted by Gasteiger charge is -2.30. The Morgan fingerprint density at radius 1 is 1.69 bits per heavy atom. The molecule has 16 heavy (non-hydrogen) atoms. The van der Waals surface area contributed by atoms with E-state index < -0.39 is 0 Å². The van der Waals surface area contributed by atoms with E-state index in [1.54, 1.807) is 13.0 Å². The first kappa shape index (κ1) is 11.1. The van der Waals surface area contributed by atoms with Gasteiger partial charge in [0.1, 0.15) is 5.76 Å². The molecule has 2 unspecified atom stereocenters. The third-order valence-corrected chi connectivity index (χ3v) is 2.94. The van der Waals surface area contributed by atoms with Gasteiger partial charge in [-0.2, -0.15) is 0 Å². The van der Waals surface area contributed by atoms with Crippen molar-refractivity contribution in [3.05, 3.63) is 17.5 Å². The minimum atomic E-state index is -0.155. The molecule has 1 aromatic rings. The quantitative estimate of drug-likeness (QED) is 0.780. The van der Waals surface area contributed by atoms with E-state index in [2.05, 4.69) is 22.7 Å². The number of nitrogens with zero attached hydrogens (tertiary/aromatic N) is 1. The van der Waals surface area contributed by atoms with E-state index in [9.17, 15) is 4.79 Å². The van der Waals surface area contributed by atoms with Crippen molar-refractivity contribution < 1.29 is 9.32 Å². The average molecular weight is 223 g/mol. The summed E-state index contributed by atoms with van der Waals surface area (Å²) in [5.41, 5.74) is 0.357. The van der Waals surface area contributed by atoms with Crippen LogP contribution in [0.1, 0.15) is 36.0 Å².